The first-order valence-electron chi connectivity index (χ1n) is 27.4. The molecule has 0 radical (unpaired) electrons. The summed E-state index contributed by atoms with van der Waals surface area (Å²) in [7, 11) is 3.64. The molecule has 20 heteroatoms. The van der Waals surface area contributed by atoms with Gasteiger partial charge in [0.1, 0.15) is 24.2 Å². The van der Waals surface area contributed by atoms with Gasteiger partial charge in [0.25, 0.3) is 0 Å². The number of likely N-dealkylation sites (N-methyl/N-ethyl adjacent to an activating group) is 2. The van der Waals surface area contributed by atoms with Crippen LogP contribution in [0, 0.1) is 22.7 Å². The molecule has 9 rings (SSSR count). The molecule has 0 spiro atoms. The molecule has 4 heterocycles. The summed E-state index contributed by atoms with van der Waals surface area (Å²) >= 11 is 14.7. The Hall–Kier alpha value is -5.12. The Morgan fingerprint density at radius 3 is 1.32 bits per heavy atom. The maximum absolute atomic E-state index is 14.7. The zero-order chi connectivity index (χ0) is 55.8. The number of fused-ring (bicyclic) bond motifs is 4. The van der Waals surface area contributed by atoms with Crippen LogP contribution in [0.4, 0.5) is 0 Å². The molecule has 3 aromatic rings. The van der Waals surface area contributed by atoms with Gasteiger partial charge in [-0.3, -0.25) is 28.8 Å². The zero-order valence-electron chi connectivity index (χ0n) is 45.9. The van der Waals surface area contributed by atoms with E-state index >= 15 is 0 Å². The van der Waals surface area contributed by atoms with Crippen LogP contribution in [0.3, 0.4) is 0 Å². The molecular weight excluding hydrogens is 1060 g/mol. The van der Waals surface area contributed by atoms with Crippen LogP contribution in [0.1, 0.15) is 113 Å². The van der Waals surface area contributed by atoms with Crippen molar-refractivity contribution in [3.63, 3.8) is 0 Å². The Morgan fingerprint density at radius 2 is 0.949 bits per heavy atom. The molecular formula is C58H76N10O6S4. The molecule has 0 saturated carbocycles. The second kappa shape index (κ2) is 23.9. The second-order valence-corrected chi connectivity index (χ2v) is 26.7. The minimum atomic E-state index is -0.749. The number of benzene rings is 3. The second-order valence-electron chi connectivity index (χ2n) is 23.3. The third-order valence-corrected chi connectivity index (χ3v) is 20.5. The van der Waals surface area contributed by atoms with Gasteiger partial charge in [0.15, 0.2) is 0 Å². The van der Waals surface area contributed by atoms with Gasteiger partial charge in [-0.2, -0.15) is 0 Å². The number of thioether (sulfide) groups is 2. The molecule has 12 atom stereocenters. The third-order valence-electron chi connectivity index (χ3n) is 17.1. The Labute approximate surface area is 478 Å². The zero-order valence-corrected chi connectivity index (χ0v) is 49.2. The smallest absolute Gasteiger partial charge is 0.246 e. The first kappa shape index (κ1) is 57.6. The summed E-state index contributed by atoms with van der Waals surface area (Å²) in [6, 6.07) is 19.3. The van der Waals surface area contributed by atoms with Gasteiger partial charge in [-0.05, 0) is 122 Å². The minimum absolute atomic E-state index is 0.117. The fraction of sp³-hybridized carbons (Fsp3) is 0.552. The number of hydrogen-bond donors (Lipinski definition) is 8. The van der Waals surface area contributed by atoms with Crippen LogP contribution >= 0.6 is 48.0 Å². The van der Waals surface area contributed by atoms with E-state index in [9.17, 15) is 28.8 Å². The number of carbonyl (C=O) groups is 6. The van der Waals surface area contributed by atoms with Crippen LogP contribution in [-0.4, -0.2) is 128 Å². The number of rotatable bonds is 16. The lowest BCUT2D eigenvalue weighted by Crippen LogP contribution is -2.58. The van der Waals surface area contributed by atoms with Crippen molar-refractivity contribution in [1.82, 2.24) is 52.3 Å². The molecule has 78 heavy (non-hydrogen) atoms. The minimum Gasteiger partial charge on any atom is -0.367 e. The summed E-state index contributed by atoms with van der Waals surface area (Å²) in [5, 5.41) is 25.4. The molecule has 0 aromatic heterocycles. The first-order valence-corrected chi connectivity index (χ1v) is 30.3. The largest absolute Gasteiger partial charge is 0.367 e. The molecule has 4 saturated heterocycles. The average molecular weight is 1140 g/mol. The fourth-order valence-corrected chi connectivity index (χ4v) is 16.1. The van der Waals surface area contributed by atoms with E-state index in [4.69, 9.17) is 24.4 Å². The van der Waals surface area contributed by atoms with Gasteiger partial charge >= 0.3 is 0 Å². The predicted molar refractivity (Wildman–Crippen MR) is 315 cm³/mol. The lowest BCUT2D eigenvalue weighted by atomic mass is 9.83. The molecule has 2 aliphatic carbocycles. The third kappa shape index (κ3) is 11.9. The normalized spacial score (nSPS) is 28.4. The van der Waals surface area contributed by atoms with Crippen LogP contribution in [0.2, 0.25) is 0 Å². The van der Waals surface area contributed by atoms with Crippen molar-refractivity contribution in [2.45, 2.75) is 152 Å². The van der Waals surface area contributed by atoms with Gasteiger partial charge < -0.3 is 52.3 Å². The number of nitrogens with one attached hydrogen (secondary N) is 8. The summed E-state index contributed by atoms with van der Waals surface area (Å²) in [6.45, 7) is 12.5. The summed E-state index contributed by atoms with van der Waals surface area (Å²) in [6.07, 6.45) is 3.41. The Kier molecular flexibility index (Phi) is 17.6. The Morgan fingerprint density at radius 1 is 0.577 bits per heavy atom. The van der Waals surface area contributed by atoms with Crippen LogP contribution in [0.15, 0.2) is 72.8 Å². The number of carbonyl (C=O) groups excluding carboxylic acids is 6. The predicted octanol–water partition coefficient (Wildman–Crippen LogP) is 4.95. The summed E-state index contributed by atoms with van der Waals surface area (Å²) < 4.78 is 0. The standard InChI is InChI=1S/C58H76N10O6S4/c1-31(59-7)53(75)63-41-21-23-77-43-27-57(3,4)47(67(43)55(41)73)51(71)65-45-37-15-11-9-13-35(37)25-39(45)49(69)61-29-33-17-19-34(20-18-33)30-62-50(70)40-26-36-14-10-12-16-38(36)46(40)66-52(72)48-58(5,6)28-44-68(48)56(74)42(22-24-78-44)64-54(76)32(2)60-8/h9-20,31-32,39-48,59-60H,21-30H2,1-8H3,(H,61,69)(H,62,70)(H,63,75)(H,64,76)(H,65,71)(H,66,72)/t31-,32-,39+,40?,41-,42-,43-,44-,45-,46-,47+,48+/m0/s1. The van der Waals surface area contributed by atoms with Crippen LogP contribution in [0.5, 0.6) is 0 Å². The van der Waals surface area contributed by atoms with Crippen molar-refractivity contribution >= 4 is 93.4 Å². The fourth-order valence-electron chi connectivity index (χ4n) is 12.5. The molecule has 1 unspecified atom stereocenters. The highest BCUT2D eigenvalue weighted by Crippen LogP contribution is 2.49. The van der Waals surface area contributed by atoms with E-state index in [0.29, 0.717) is 48.5 Å². The van der Waals surface area contributed by atoms with Crippen molar-refractivity contribution in [3.8, 4) is 0 Å². The lowest BCUT2D eigenvalue weighted by Gasteiger charge is -2.35. The Balaban J connectivity index is 0.823. The molecule has 4 fully saturated rings. The summed E-state index contributed by atoms with van der Waals surface area (Å²) in [4.78, 5) is 91.3. The van der Waals surface area contributed by atoms with Crippen LogP contribution < -0.4 is 42.5 Å². The monoisotopic (exact) mass is 1140 g/mol. The summed E-state index contributed by atoms with van der Waals surface area (Å²) in [5.41, 5.74) is 4.45. The summed E-state index contributed by atoms with van der Waals surface area (Å²) in [5.74, 6) is -0.864. The van der Waals surface area contributed by atoms with Crippen LogP contribution in [0.25, 0.3) is 0 Å². The SMILES string of the molecule is CN[C@@H](C)C(=S)N[C@H]1CCS[C@H]2CC(C)(C)[C@@H](C(=O)N[C@H]3c4ccccc4CC3C(=O)NCc3ccc(CNC(=O)[C@@H]4Cc5ccccc5[C@@H]4NC(=O)[C@H]4N5C(=O)[C@@H](NC(=S)[C@H](C)NC)CCS[C@H]5CC4(C)C)cc3)N2C1=O. The van der Waals surface area contributed by atoms with E-state index < -0.39 is 58.9 Å². The molecule has 4 aliphatic heterocycles. The highest BCUT2D eigenvalue weighted by molar-refractivity contribution is 8.00. The molecule has 16 nitrogen and oxygen atoms in total. The van der Waals surface area contributed by atoms with Crippen molar-refractivity contribution in [2.75, 3.05) is 25.6 Å². The number of thiocarbonyl (C=S) groups is 2. The molecule has 3 aromatic carbocycles. The van der Waals surface area contributed by atoms with E-state index in [1.807, 2.05) is 128 Å². The van der Waals surface area contributed by atoms with Gasteiger partial charge in [-0.1, -0.05) is 125 Å². The van der Waals surface area contributed by atoms with Gasteiger partial charge in [0.05, 0.1) is 56.7 Å². The van der Waals surface area contributed by atoms with Gasteiger partial charge in [0, 0.05) is 13.1 Å². The topological polar surface area (TPSA) is 205 Å². The number of hydrogen-bond acceptors (Lipinski definition) is 12. The van der Waals surface area contributed by atoms with Crippen molar-refractivity contribution in [3.05, 3.63) is 106 Å². The van der Waals surface area contributed by atoms with E-state index in [-0.39, 0.29) is 71.4 Å². The van der Waals surface area contributed by atoms with Crippen molar-refractivity contribution < 1.29 is 28.8 Å². The number of nitrogens with zero attached hydrogens (tertiary/aromatic N) is 2. The Bertz CT molecular complexity index is 2630. The van der Waals surface area contributed by atoms with Gasteiger partial charge in [-0.15, -0.1) is 23.5 Å². The molecule has 6 amide bonds. The molecule has 0 bridgehead atoms. The van der Waals surface area contributed by atoms with Gasteiger partial charge in [0.2, 0.25) is 35.4 Å². The van der Waals surface area contributed by atoms with Crippen LogP contribution in [-0.2, 0) is 54.7 Å². The quantitative estimate of drug-likeness (QED) is 0.0896. The maximum atomic E-state index is 14.7. The first-order chi connectivity index (χ1) is 37.2. The molecule has 418 valence electrons. The highest BCUT2D eigenvalue weighted by atomic mass is 32.2. The van der Waals surface area contributed by atoms with Crippen molar-refractivity contribution in [2.24, 2.45) is 22.7 Å². The maximum Gasteiger partial charge on any atom is 0.246 e. The van der Waals surface area contributed by atoms with E-state index in [0.717, 1.165) is 44.9 Å². The number of amides is 6. The average Bonchev–Trinajstić information content (AvgIpc) is 4.19. The van der Waals surface area contributed by atoms with Gasteiger partial charge in [-0.25, -0.2) is 0 Å². The molecule has 8 N–H and O–H groups in total. The van der Waals surface area contributed by atoms with E-state index in [2.05, 4.69) is 42.5 Å². The van der Waals surface area contributed by atoms with E-state index in [1.54, 1.807) is 33.3 Å². The van der Waals surface area contributed by atoms with Crippen molar-refractivity contribution in [1.29, 1.82) is 0 Å². The molecule has 6 aliphatic rings. The highest BCUT2D eigenvalue weighted by Gasteiger charge is 2.57. The lowest BCUT2D eigenvalue weighted by molar-refractivity contribution is -0.143. The van der Waals surface area contributed by atoms with E-state index in [1.165, 1.54) is 0 Å².